The van der Waals surface area contributed by atoms with Crippen molar-refractivity contribution in [3.63, 3.8) is 0 Å². The summed E-state index contributed by atoms with van der Waals surface area (Å²) in [5.74, 6) is 2.20. The molecule has 2 rings (SSSR count). The number of allylic oxidation sites excluding steroid dienone is 3. The third kappa shape index (κ3) is 1.99. The van der Waals surface area contributed by atoms with E-state index in [4.69, 9.17) is 0 Å². The molecular weight excluding hydrogens is 192 g/mol. The van der Waals surface area contributed by atoms with Crippen molar-refractivity contribution in [3.05, 3.63) is 23.8 Å². The van der Waals surface area contributed by atoms with Crippen LogP contribution in [0.4, 0.5) is 0 Å². The average molecular weight is 218 g/mol. The normalized spacial score (nSPS) is 38.6. The lowest BCUT2D eigenvalue weighted by molar-refractivity contribution is 0.186. The molecule has 0 bridgehead atoms. The summed E-state index contributed by atoms with van der Waals surface area (Å²) in [6.07, 6.45) is 7.84. The summed E-state index contributed by atoms with van der Waals surface area (Å²) in [6, 6.07) is 0. The van der Waals surface area contributed by atoms with Gasteiger partial charge in [-0.1, -0.05) is 44.6 Å². The molecule has 3 atom stereocenters. The van der Waals surface area contributed by atoms with E-state index in [0.717, 1.165) is 17.8 Å². The van der Waals surface area contributed by atoms with Crippen molar-refractivity contribution in [2.24, 2.45) is 23.2 Å². The van der Waals surface area contributed by atoms with Crippen LogP contribution in [0.3, 0.4) is 0 Å². The Bertz CT molecular complexity index is 319. The zero-order chi connectivity index (χ0) is 11.9. The van der Waals surface area contributed by atoms with Crippen molar-refractivity contribution in [1.29, 1.82) is 0 Å². The topological polar surface area (TPSA) is 0 Å². The van der Waals surface area contributed by atoms with E-state index in [0.29, 0.717) is 5.41 Å². The van der Waals surface area contributed by atoms with E-state index < -0.39 is 0 Å². The van der Waals surface area contributed by atoms with Gasteiger partial charge in [0.15, 0.2) is 0 Å². The van der Waals surface area contributed by atoms with Gasteiger partial charge in [0.2, 0.25) is 0 Å². The molecule has 0 radical (unpaired) electrons. The Morgan fingerprint density at radius 2 is 2.00 bits per heavy atom. The Morgan fingerprint density at radius 3 is 2.69 bits per heavy atom. The summed E-state index contributed by atoms with van der Waals surface area (Å²) >= 11 is 0. The highest BCUT2D eigenvalue weighted by molar-refractivity contribution is 5.20. The molecule has 0 aliphatic heterocycles. The standard InChI is InChI=1S/C16H26/c1-11-6-7-14-13(3)12(2)8-9-16(4,5)15(14)10-11/h10,12,14-15H,3,6-9H2,1-2,4-5H3/t12-,14-,15-/m1/s1. The first kappa shape index (κ1) is 12.0. The van der Waals surface area contributed by atoms with Crippen molar-refractivity contribution in [3.8, 4) is 0 Å². The van der Waals surface area contributed by atoms with Gasteiger partial charge in [0.1, 0.15) is 0 Å². The second kappa shape index (κ2) is 4.05. The minimum absolute atomic E-state index is 0.458. The molecule has 0 spiro atoms. The van der Waals surface area contributed by atoms with Crippen LogP contribution in [-0.2, 0) is 0 Å². The van der Waals surface area contributed by atoms with Crippen LogP contribution in [0.25, 0.3) is 0 Å². The highest BCUT2D eigenvalue weighted by Crippen LogP contribution is 2.50. The van der Waals surface area contributed by atoms with Gasteiger partial charge in [-0.15, -0.1) is 0 Å². The molecule has 0 aromatic carbocycles. The third-order valence-corrected chi connectivity index (χ3v) is 4.98. The van der Waals surface area contributed by atoms with Crippen molar-refractivity contribution in [1.82, 2.24) is 0 Å². The van der Waals surface area contributed by atoms with E-state index in [2.05, 4.69) is 40.3 Å². The molecule has 0 saturated heterocycles. The maximum absolute atomic E-state index is 4.40. The zero-order valence-corrected chi connectivity index (χ0v) is 11.3. The van der Waals surface area contributed by atoms with Crippen LogP contribution >= 0.6 is 0 Å². The van der Waals surface area contributed by atoms with Crippen molar-refractivity contribution in [2.45, 2.75) is 53.4 Å². The van der Waals surface area contributed by atoms with Crippen molar-refractivity contribution < 1.29 is 0 Å². The lowest BCUT2D eigenvalue weighted by Crippen LogP contribution is -2.30. The van der Waals surface area contributed by atoms with E-state index >= 15 is 0 Å². The van der Waals surface area contributed by atoms with E-state index in [1.54, 1.807) is 5.57 Å². The number of rotatable bonds is 0. The summed E-state index contributed by atoms with van der Waals surface area (Å²) in [5.41, 5.74) is 3.58. The van der Waals surface area contributed by atoms with E-state index in [1.165, 1.54) is 31.3 Å². The lowest BCUT2D eigenvalue weighted by Gasteiger charge is -2.39. The fourth-order valence-corrected chi connectivity index (χ4v) is 3.56. The zero-order valence-electron chi connectivity index (χ0n) is 11.3. The van der Waals surface area contributed by atoms with Crippen LogP contribution < -0.4 is 0 Å². The van der Waals surface area contributed by atoms with E-state index in [-0.39, 0.29) is 0 Å². The largest absolute Gasteiger partial charge is 0.0993 e. The van der Waals surface area contributed by atoms with Gasteiger partial charge in [-0.25, -0.2) is 0 Å². The average Bonchev–Trinajstić information content (AvgIpc) is 2.31. The summed E-state index contributed by atoms with van der Waals surface area (Å²) < 4.78 is 0. The maximum atomic E-state index is 4.40. The summed E-state index contributed by atoms with van der Waals surface area (Å²) in [7, 11) is 0. The molecule has 2 aliphatic carbocycles. The summed E-state index contributed by atoms with van der Waals surface area (Å²) in [4.78, 5) is 0. The Hall–Kier alpha value is -0.520. The predicted octanol–water partition coefficient (Wildman–Crippen LogP) is 4.97. The van der Waals surface area contributed by atoms with Gasteiger partial charge < -0.3 is 0 Å². The molecule has 0 heteroatoms. The number of hydrogen-bond acceptors (Lipinski definition) is 0. The molecule has 0 amide bonds. The van der Waals surface area contributed by atoms with E-state index in [1.807, 2.05) is 0 Å². The molecule has 0 N–H and O–H groups in total. The molecule has 2 aliphatic rings. The Balaban J connectivity index is 2.37. The molecule has 0 unspecified atom stereocenters. The van der Waals surface area contributed by atoms with Crippen LogP contribution in [0.15, 0.2) is 23.8 Å². The second-order valence-corrected chi connectivity index (χ2v) is 6.69. The molecule has 1 fully saturated rings. The maximum Gasteiger partial charge on any atom is -0.0114 e. The van der Waals surface area contributed by atoms with Crippen molar-refractivity contribution >= 4 is 0 Å². The van der Waals surface area contributed by atoms with E-state index in [9.17, 15) is 0 Å². The molecular formula is C16H26. The monoisotopic (exact) mass is 218 g/mol. The van der Waals surface area contributed by atoms with Crippen LogP contribution in [-0.4, -0.2) is 0 Å². The van der Waals surface area contributed by atoms with Gasteiger partial charge in [-0.2, -0.15) is 0 Å². The van der Waals surface area contributed by atoms with Crippen LogP contribution in [0.2, 0.25) is 0 Å². The SMILES string of the molecule is C=C1[C@H](C)CCC(C)(C)[C@@H]2C=C(C)CC[C@H]12. The van der Waals surface area contributed by atoms with Crippen LogP contribution in [0.1, 0.15) is 53.4 Å². The minimum atomic E-state index is 0.458. The van der Waals surface area contributed by atoms with Gasteiger partial charge in [-0.05, 0) is 55.8 Å². The molecule has 16 heavy (non-hydrogen) atoms. The van der Waals surface area contributed by atoms with Gasteiger partial charge in [0, 0.05) is 0 Å². The smallest absolute Gasteiger partial charge is 0.0114 e. The fourth-order valence-electron chi connectivity index (χ4n) is 3.56. The molecule has 0 aromatic heterocycles. The molecule has 0 aromatic rings. The van der Waals surface area contributed by atoms with Gasteiger partial charge in [0.25, 0.3) is 0 Å². The van der Waals surface area contributed by atoms with Crippen LogP contribution in [0.5, 0.6) is 0 Å². The first-order chi connectivity index (χ1) is 7.42. The summed E-state index contributed by atoms with van der Waals surface area (Å²) in [5, 5.41) is 0. The molecule has 1 saturated carbocycles. The molecule has 90 valence electrons. The van der Waals surface area contributed by atoms with Gasteiger partial charge >= 0.3 is 0 Å². The highest BCUT2D eigenvalue weighted by Gasteiger charge is 2.40. The number of fused-ring (bicyclic) bond motifs is 1. The highest BCUT2D eigenvalue weighted by atomic mass is 14.4. The second-order valence-electron chi connectivity index (χ2n) is 6.69. The Morgan fingerprint density at radius 1 is 1.31 bits per heavy atom. The molecule has 0 nitrogen and oxygen atoms in total. The minimum Gasteiger partial charge on any atom is -0.0993 e. The first-order valence-corrected chi connectivity index (χ1v) is 6.78. The first-order valence-electron chi connectivity index (χ1n) is 6.78. The summed E-state index contributed by atoms with van der Waals surface area (Å²) in [6.45, 7) is 14.0. The quantitative estimate of drug-likeness (QED) is 0.503. The Labute approximate surface area is 101 Å². The van der Waals surface area contributed by atoms with Crippen LogP contribution in [0, 0.1) is 23.2 Å². The predicted molar refractivity (Wildman–Crippen MR) is 71.3 cm³/mol. The molecule has 0 heterocycles. The van der Waals surface area contributed by atoms with Gasteiger partial charge in [0.05, 0.1) is 0 Å². The van der Waals surface area contributed by atoms with Crippen molar-refractivity contribution in [2.75, 3.05) is 0 Å². The van der Waals surface area contributed by atoms with Gasteiger partial charge in [-0.3, -0.25) is 0 Å². The lowest BCUT2D eigenvalue weighted by atomic mass is 9.65. The third-order valence-electron chi connectivity index (χ3n) is 4.98. The number of hydrogen-bond donors (Lipinski definition) is 0. The Kier molecular flexibility index (Phi) is 3.03. The fraction of sp³-hybridized carbons (Fsp3) is 0.750.